The van der Waals surface area contributed by atoms with Crippen molar-refractivity contribution in [2.45, 2.75) is 20.4 Å². The maximum absolute atomic E-state index is 11.9. The highest BCUT2D eigenvalue weighted by Crippen LogP contribution is 2.05. The monoisotopic (exact) mass is 243 g/mol. The number of hydrogen-bond acceptors (Lipinski definition) is 2. The molecule has 4 heteroatoms. The molecule has 0 unspecified atom stereocenters. The normalized spacial score (nSPS) is 10.4. The summed E-state index contributed by atoms with van der Waals surface area (Å²) in [5, 5.41) is 7.01. The van der Waals surface area contributed by atoms with Crippen LogP contribution < -0.4 is 5.32 Å². The minimum absolute atomic E-state index is 0.139. The van der Waals surface area contributed by atoms with Crippen LogP contribution in [0.2, 0.25) is 0 Å². The topological polar surface area (TPSA) is 46.9 Å². The molecule has 0 bridgehead atoms. The highest BCUT2D eigenvalue weighted by Gasteiger charge is 2.10. The first kappa shape index (κ1) is 12.4. The second-order valence-corrected chi connectivity index (χ2v) is 4.47. The summed E-state index contributed by atoms with van der Waals surface area (Å²) < 4.78 is 1.70. The molecule has 0 saturated carbocycles. The van der Waals surface area contributed by atoms with E-state index in [9.17, 15) is 4.79 Å². The molecule has 0 fully saturated rings. The van der Waals surface area contributed by atoms with Gasteiger partial charge in [-0.25, -0.2) is 0 Å². The van der Waals surface area contributed by atoms with Gasteiger partial charge in [-0.05, 0) is 25.5 Å². The van der Waals surface area contributed by atoms with Crippen LogP contribution in [-0.4, -0.2) is 15.7 Å². The van der Waals surface area contributed by atoms with Crippen LogP contribution in [-0.2, 0) is 13.6 Å². The van der Waals surface area contributed by atoms with Crippen LogP contribution in [0.4, 0.5) is 0 Å². The van der Waals surface area contributed by atoms with E-state index in [1.165, 1.54) is 5.56 Å². The summed E-state index contributed by atoms with van der Waals surface area (Å²) in [6.07, 6.45) is 0. The van der Waals surface area contributed by atoms with Crippen molar-refractivity contribution in [3.8, 4) is 0 Å². The van der Waals surface area contributed by atoms with Crippen LogP contribution in [0.3, 0.4) is 0 Å². The molecule has 2 aromatic rings. The lowest BCUT2D eigenvalue weighted by Gasteiger charge is -2.04. The van der Waals surface area contributed by atoms with E-state index < -0.39 is 0 Å². The molecule has 1 aromatic heterocycles. The number of amides is 1. The third-order valence-electron chi connectivity index (χ3n) is 2.88. The molecule has 1 aromatic carbocycles. The molecule has 0 aliphatic carbocycles. The minimum atomic E-state index is -0.139. The third kappa shape index (κ3) is 2.77. The predicted molar refractivity (Wildman–Crippen MR) is 70.3 cm³/mol. The van der Waals surface area contributed by atoms with Crippen molar-refractivity contribution < 1.29 is 4.79 Å². The molecular weight excluding hydrogens is 226 g/mol. The Morgan fingerprint density at radius 3 is 2.72 bits per heavy atom. The van der Waals surface area contributed by atoms with Crippen molar-refractivity contribution >= 4 is 5.91 Å². The second-order valence-electron chi connectivity index (χ2n) is 4.47. The fourth-order valence-corrected chi connectivity index (χ4v) is 1.77. The Labute approximate surface area is 107 Å². The molecule has 0 radical (unpaired) electrons. The number of carbonyl (C=O) groups is 1. The first-order valence-corrected chi connectivity index (χ1v) is 5.90. The van der Waals surface area contributed by atoms with Gasteiger partial charge in [-0.3, -0.25) is 9.48 Å². The Morgan fingerprint density at radius 1 is 1.33 bits per heavy atom. The lowest BCUT2D eigenvalue weighted by Crippen LogP contribution is -2.23. The smallest absolute Gasteiger partial charge is 0.272 e. The van der Waals surface area contributed by atoms with Crippen molar-refractivity contribution in [3.05, 3.63) is 52.8 Å². The zero-order valence-electron chi connectivity index (χ0n) is 10.9. The van der Waals surface area contributed by atoms with E-state index in [-0.39, 0.29) is 5.91 Å². The summed E-state index contributed by atoms with van der Waals surface area (Å²) in [4.78, 5) is 11.9. The summed E-state index contributed by atoms with van der Waals surface area (Å²) in [6, 6.07) is 9.86. The number of aryl methyl sites for hydroxylation is 3. The van der Waals surface area contributed by atoms with Crippen molar-refractivity contribution in [2.24, 2.45) is 7.05 Å². The molecule has 0 spiro atoms. The van der Waals surface area contributed by atoms with Crippen molar-refractivity contribution in [2.75, 3.05) is 0 Å². The fraction of sp³-hybridized carbons (Fsp3) is 0.286. The van der Waals surface area contributed by atoms with Gasteiger partial charge in [0.2, 0.25) is 0 Å². The zero-order chi connectivity index (χ0) is 13.1. The average Bonchev–Trinajstić information content (AvgIpc) is 2.67. The molecule has 0 atom stereocenters. The standard InChI is InChI=1S/C14H17N3O/c1-10-5-4-6-12(7-10)9-15-14(18)13-8-11(2)17(3)16-13/h4-8H,9H2,1-3H3,(H,15,18). The summed E-state index contributed by atoms with van der Waals surface area (Å²) in [5.74, 6) is -0.139. The molecule has 18 heavy (non-hydrogen) atoms. The second kappa shape index (κ2) is 5.04. The predicted octanol–water partition coefficient (Wildman–Crippen LogP) is 1.97. The van der Waals surface area contributed by atoms with Crippen LogP contribution in [0.15, 0.2) is 30.3 Å². The largest absolute Gasteiger partial charge is 0.347 e. The van der Waals surface area contributed by atoms with Crippen molar-refractivity contribution in [1.82, 2.24) is 15.1 Å². The number of hydrogen-bond donors (Lipinski definition) is 1. The average molecular weight is 243 g/mol. The number of nitrogens with zero attached hydrogens (tertiary/aromatic N) is 2. The van der Waals surface area contributed by atoms with Crippen LogP contribution in [0.25, 0.3) is 0 Å². The molecule has 0 saturated heterocycles. The lowest BCUT2D eigenvalue weighted by atomic mass is 10.1. The highest BCUT2D eigenvalue weighted by atomic mass is 16.1. The Bertz CT molecular complexity index is 553. The van der Waals surface area contributed by atoms with Crippen LogP contribution in [0.1, 0.15) is 27.3 Å². The van der Waals surface area contributed by atoms with Crippen LogP contribution in [0, 0.1) is 13.8 Å². The van der Waals surface area contributed by atoms with E-state index in [4.69, 9.17) is 0 Å². The van der Waals surface area contributed by atoms with Gasteiger partial charge in [0.05, 0.1) is 0 Å². The number of aromatic nitrogens is 2. The summed E-state index contributed by atoms with van der Waals surface area (Å²) >= 11 is 0. The molecule has 1 amide bonds. The Balaban J connectivity index is 2.00. The molecule has 0 aliphatic rings. The SMILES string of the molecule is Cc1cccc(CNC(=O)c2cc(C)n(C)n2)c1. The molecule has 4 nitrogen and oxygen atoms in total. The Morgan fingerprint density at radius 2 is 2.11 bits per heavy atom. The molecule has 94 valence electrons. The van der Waals surface area contributed by atoms with Crippen LogP contribution in [0.5, 0.6) is 0 Å². The summed E-state index contributed by atoms with van der Waals surface area (Å²) in [7, 11) is 1.83. The van der Waals surface area contributed by atoms with E-state index in [2.05, 4.69) is 16.5 Å². The molecule has 0 aliphatic heterocycles. The number of nitrogens with one attached hydrogen (secondary N) is 1. The van der Waals surface area contributed by atoms with Gasteiger partial charge in [0.1, 0.15) is 5.69 Å². The Kier molecular flexibility index (Phi) is 3.46. The molecule has 1 heterocycles. The first-order valence-electron chi connectivity index (χ1n) is 5.90. The fourth-order valence-electron chi connectivity index (χ4n) is 1.77. The van der Waals surface area contributed by atoms with Crippen LogP contribution >= 0.6 is 0 Å². The molecule has 2 rings (SSSR count). The van der Waals surface area contributed by atoms with E-state index in [0.717, 1.165) is 11.3 Å². The van der Waals surface area contributed by atoms with Gasteiger partial charge in [0, 0.05) is 19.3 Å². The third-order valence-corrected chi connectivity index (χ3v) is 2.88. The van der Waals surface area contributed by atoms with Gasteiger partial charge in [-0.15, -0.1) is 0 Å². The quantitative estimate of drug-likeness (QED) is 0.895. The summed E-state index contributed by atoms with van der Waals surface area (Å²) in [5.41, 5.74) is 3.71. The van der Waals surface area contributed by atoms with Gasteiger partial charge in [-0.2, -0.15) is 5.10 Å². The summed E-state index contributed by atoms with van der Waals surface area (Å²) in [6.45, 7) is 4.48. The number of rotatable bonds is 3. The number of benzene rings is 1. The minimum Gasteiger partial charge on any atom is -0.347 e. The maximum atomic E-state index is 11.9. The van der Waals surface area contributed by atoms with E-state index in [1.807, 2.05) is 39.1 Å². The van der Waals surface area contributed by atoms with Gasteiger partial charge in [-0.1, -0.05) is 29.8 Å². The van der Waals surface area contributed by atoms with E-state index in [0.29, 0.717) is 12.2 Å². The van der Waals surface area contributed by atoms with Crippen molar-refractivity contribution in [1.29, 1.82) is 0 Å². The van der Waals surface area contributed by atoms with E-state index >= 15 is 0 Å². The molecular formula is C14H17N3O. The maximum Gasteiger partial charge on any atom is 0.272 e. The van der Waals surface area contributed by atoms with Gasteiger partial charge in [0.15, 0.2) is 0 Å². The zero-order valence-corrected chi connectivity index (χ0v) is 10.9. The Hall–Kier alpha value is -2.10. The highest BCUT2D eigenvalue weighted by molar-refractivity contribution is 5.92. The van der Waals surface area contributed by atoms with Gasteiger partial charge >= 0.3 is 0 Å². The number of carbonyl (C=O) groups excluding carboxylic acids is 1. The van der Waals surface area contributed by atoms with E-state index in [1.54, 1.807) is 10.7 Å². The van der Waals surface area contributed by atoms with Crippen molar-refractivity contribution in [3.63, 3.8) is 0 Å². The van der Waals surface area contributed by atoms with Gasteiger partial charge < -0.3 is 5.32 Å². The first-order chi connectivity index (χ1) is 8.56. The van der Waals surface area contributed by atoms with Gasteiger partial charge in [0.25, 0.3) is 5.91 Å². The lowest BCUT2D eigenvalue weighted by molar-refractivity contribution is 0.0945. The molecule has 1 N–H and O–H groups in total.